The van der Waals surface area contributed by atoms with Gasteiger partial charge < -0.3 is 20.2 Å². The van der Waals surface area contributed by atoms with Crippen molar-refractivity contribution in [3.63, 3.8) is 0 Å². The molecular weight excluding hydrogens is 790 g/mol. The molecule has 0 rings (SSSR count). The Balaban J connectivity index is 3.67. The van der Waals surface area contributed by atoms with Gasteiger partial charge in [-0.1, -0.05) is 303 Å². The highest BCUT2D eigenvalue weighted by atomic mass is 31.2. The summed E-state index contributed by atoms with van der Waals surface area (Å²) in [6.45, 7) is 4.18. The smallest absolute Gasteiger partial charge is 0.391 e. The highest BCUT2D eigenvalue weighted by Gasteiger charge is 2.25. The number of unbranched alkanes of at least 4 members (excludes halogenated alkanes) is 44. The van der Waals surface area contributed by atoms with Gasteiger partial charge >= 0.3 is 7.82 Å². The minimum Gasteiger partial charge on any atom is -0.391 e. The standard InChI is InChI=1S/C54H110NO6P/c1-3-5-7-9-11-13-15-17-19-21-22-23-24-25-26-27-28-29-30-31-32-34-36-38-40-42-44-46-48-50-54(57)55-52(51-61-62(58,59)60)53(56)49-47-45-43-41-39-37-35-33-20-18-16-14-12-10-8-6-4-2/h52-53,56H,3-51H2,1-2H3,(H,55,57)(H2,58,59,60)/t52-,53+/m0/s1. The molecule has 2 atom stereocenters. The average Bonchev–Trinajstić information content (AvgIpc) is 3.25. The zero-order valence-corrected chi connectivity index (χ0v) is 42.7. The lowest BCUT2D eigenvalue weighted by atomic mass is 10.0. The van der Waals surface area contributed by atoms with Gasteiger partial charge in [0.05, 0.1) is 18.8 Å². The van der Waals surface area contributed by atoms with Crippen LogP contribution in [0.3, 0.4) is 0 Å². The van der Waals surface area contributed by atoms with Gasteiger partial charge in [0.15, 0.2) is 0 Å². The van der Waals surface area contributed by atoms with Gasteiger partial charge in [0.2, 0.25) is 5.91 Å². The number of phosphoric ester groups is 1. The number of hydrogen-bond acceptors (Lipinski definition) is 4. The van der Waals surface area contributed by atoms with Crippen molar-refractivity contribution in [2.24, 2.45) is 0 Å². The molecule has 0 saturated carbocycles. The predicted molar refractivity (Wildman–Crippen MR) is 269 cm³/mol. The van der Waals surface area contributed by atoms with E-state index in [0.29, 0.717) is 12.8 Å². The molecule has 0 fully saturated rings. The minimum atomic E-state index is -4.69. The number of aliphatic hydroxyl groups is 1. The molecule has 0 spiro atoms. The zero-order chi connectivity index (χ0) is 45.3. The number of hydrogen-bond donors (Lipinski definition) is 4. The Morgan fingerprint density at radius 1 is 0.403 bits per heavy atom. The molecular formula is C54H110NO6P. The predicted octanol–water partition coefficient (Wildman–Crippen LogP) is 17.7. The number of aliphatic hydroxyl groups excluding tert-OH is 1. The summed E-state index contributed by atoms with van der Waals surface area (Å²) >= 11 is 0. The largest absolute Gasteiger partial charge is 0.469 e. The molecule has 7 nitrogen and oxygen atoms in total. The van der Waals surface area contributed by atoms with E-state index in [4.69, 9.17) is 4.52 Å². The van der Waals surface area contributed by atoms with E-state index in [0.717, 1.165) is 38.5 Å². The fourth-order valence-corrected chi connectivity index (χ4v) is 9.47. The second-order valence-corrected chi connectivity index (χ2v) is 20.9. The first-order chi connectivity index (χ1) is 30.3. The van der Waals surface area contributed by atoms with E-state index in [1.165, 1.54) is 257 Å². The van der Waals surface area contributed by atoms with Gasteiger partial charge in [0.25, 0.3) is 0 Å². The number of phosphoric acid groups is 1. The lowest BCUT2D eigenvalue weighted by molar-refractivity contribution is -0.123. The highest BCUT2D eigenvalue weighted by Crippen LogP contribution is 2.36. The van der Waals surface area contributed by atoms with Crippen LogP contribution in [0.4, 0.5) is 0 Å². The van der Waals surface area contributed by atoms with Crippen molar-refractivity contribution in [2.45, 2.75) is 334 Å². The third kappa shape index (κ3) is 50.5. The lowest BCUT2D eigenvalue weighted by Gasteiger charge is -2.24. The van der Waals surface area contributed by atoms with Gasteiger partial charge in [-0.3, -0.25) is 9.32 Å². The maximum absolute atomic E-state index is 12.7. The van der Waals surface area contributed by atoms with Crippen molar-refractivity contribution in [2.75, 3.05) is 6.61 Å². The summed E-state index contributed by atoms with van der Waals surface area (Å²) in [5, 5.41) is 13.6. The van der Waals surface area contributed by atoms with Gasteiger partial charge in [-0.2, -0.15) is 0 Å². The molecule has 62 heavy (non-hydrogen) atoms. The lowest BCUT2D eigenvalue weighted by Crippen LogP contribution is -2.46. The highest BCUT2D eigenvalue weighted by molar-refractivity contribution is 7.46. The molecule has 0 aromatic carbocycles. The normalized spacial score (nSPS) is 12.9. The van der Waals surface area contributed by atoms with E-state index >= 15 is 0 Å². The monoisotopic (exact) mass is 900 g/mol. The summed E-state index contributed by atoms with van der Waals surface area (Å²) < 4.78 is 16.1. The molecule has 0 bridgehead atoms. The van der Waals surface area contributed by atoms with Gasteiger partial charge in [0.1, 0.15) is 0 Å². The van der Waals surface area contributed by atoms with E-state index in [1.54, 1.807) is 0 Å². The van der Waals surface area contributed by atoms with Gasteiger partial charge in [0, 0.05) is 6.42 Å². The quantitative estimate of drug-likeness (QED) is 0.0357. The molecule has 0 unspecified atom stereocenters. The maximum Gasteiger partial charge on any atom is 0.469 e. The Hall–Kier alpha value is -0.460. The molecule has 0 aliphatic heterocycles. The van der Waals surface area contributed by atoms with Crippen LogP contribution in [0, 0.1) is 0 Å². The number of amides is 1. The Labute approximate surface area is 387 Å². The molecule has 1 amide bonds. The first-order valence-corrected chi connectivity index (χ1v) is 29.5. The third-order valence-electron chi connectivity index (χ3n) is 13.3. The fourth-order valence-electron chi connectivity index (χ4n) is 9.12. The van der Waals surface area contributed by atoms with Crippen LogP contribution in [0.2, 0.25) is 0 Å². The summed E-state index contributed by atoms with van der Waals surface area (Å²) in [6, 6.07) is -0.820. The summed E-state index contributed by atoms with van der Waals surface area (Å²) in [4.78, 5) is 31.2. The van der Waals surface area contributed by atoms with E-state index in [2.05, 4.69) is 19.2 Å². The molecule has 0 aliphatic rings. The van der Waals surface area contributed by atoms with Crippen LogP contribution in [-0.4, -0.2) is 39.6 Å². The van der Waals surface area contributed by atoms with Crippen LogP contribution >= 0.6 is 7.82 Å². The summed E-state index contributed by atoms with van der Waals surface area (Å²) in [5.41, 5.74) is 0. The molecule has 0 aliphatic carbocycles. The van der Waals surface area contributed by atoms with Crippen molar-refractivity contribution in [3.8, 4) is 0 Å². The second kappa shape index (κ2) is 50.0. The van der Waals surface area contributed by atoms with Crippen molar-refractivity contribution in [3.05, 3.63) is 0 Å². The van der Waals surface area contributed by atoms with E-state index in [9.17, 15) is 24.3 Å². The maximum atomic E-state index is 12.7. The molecule has 372 valence electrons. The van der Waals surface area contributed by atoms with Crippen LogP contribution in [0.1, 0.15) is 322 Å². The van der Waals surface area contributed by atoms with Crippen molar-refractivity contribution < 1.29 is 28.8 Å². The molecule has 0 saturated heterocycles. The molecule has 8 heteroatoms. The Kier molecular flexibility index (Phi) is 49.6. The molecule has 4 N–H and O–H groups in total. The Morgan fingerprint density at radius 3 is 0.871 bits per heavy atom. The Morgan fingerprint density at radius 2 is 0.629 bits per heavy atom. The number of nitrogens with one attached hydrogen (secondary N) is 1. The SMILES string of the molecule is CCCCCCCCCCCCCCCCCCCCCCCCCCCCCCCC(=O)N[C@@H](COP(=O)(O)O)[C@H](O)CCCCCCCCCCCCCCCCCCC. The average molecular weight is 900 g/mol. The van der Waals surface area contributed by atoms with Crippen LogP contribution in [-0.2, 0) is 13.9 Å². The number of rotatable bonds is 53. The molecule has 0 aromatic heterocycles. The molecule has 0 radical (unpaired) electrons. The first-order valence-electron chi connectivity index (χ1n) is 28.0. The third-order valence-corrected chi connectivity index (χ3v) is 13.8. The van der Waals surface area contributed by atoms with Crippen LogP contribution in [0.5, 0.6) is 0 Å². The van der Waals surface area contributed by atoms with E-state index < -0.39 is 26.6 Å². The number of carbonyl (C=O) groups excluding carboxylic acids is 1. The summed E-state index contributed by atoms with van der Waals surface area (Å²) in [6.07, 6.45) is 61.3. The van der Waals surface area contributed by atoms with Crippen molar-refractivity contribution >= 4 is 13.7 Å². The minimum absolute atomic E-state index is 0.184. The topological polar surface area (TPSA) is 116 Å². The van der Waals surface area contributed by atoms with Gasteiger partial charge in [-0.25, -0.2) is 4.57 Å². The first kappa shape index (κ1) is 61.5. The van der Waals surface area contributed by atoms with Crippen molar-refractivity contribution in [1.82, 2.24) is 5.32 Å². The summed E-state index contributed by atoms with van der Waals surface area (Å²) in [7, 11) is -4.69. The molecule has 0 heterocycles. The fraction of sp³-hybridized carbons (Fsp3) is 0.981. The second-order valence-electron chi connectivity index (χ2n) is 19.6. The Bertz CT molecular complexity index is 931. The summed E-state index contributed by atoms with van der Waals surface area (Å²) in [5.74, 6) is -0.184. The van der Waals surface area contributed by atoms with E-state index in [-0.39, 0.29) is 5.91 Å². The van der Waals surface area contributed by atoms with Crippen molar-refractivity contribution in [1.29, 1.82) is 0 Å². The van der Waals surface area contributed by atoms with Crippen LogP contribution < -0.4 is 5.32 Å². The van der Waals surface area contributed by atoms with Gasteiger partial charge in [-0.05, 0) is 12.8 Å². The van der Waals surface area contributed by atoms with E-state index in [1.807, 2.05) is 0 Å². The molecule has 0 aromatic rings. The zero-order valence-electron chi connectivity index (χ0n) is 41.8. The van der Waals surface area contributed by atoms with Crippen LogP contribution in [0.25, 0.3) is 0 Å². The number of carbonyl (C=O) groups is 1. The van der Waals surface area contributed by atoms with Crippen LogP contribution in [0.15, 0.2) is 0 Å². The van der Waals surface area contributed by atoms with Gasteiger partial charge in [-0.15, -0.1) is 0 Å².